The minimum absolute atomic E-state index is 0.0195. The highest BCUT2D eigenvalue weighted by molar-refractivity contribution is 7.92. The molecule has 9 nitrogen and oxygen atoms in total. The van der Waals surface area contributed by atoms with Crippen LogP contribution in [0.15, 0.2) is 47.9 Å². The Balaban J connectivity index is 1.46. The first-order valence-electron chi connectivity index (χ1n) is 9.87. The third kappa shape index (κ3) is 4.70. The largest absolute Gasteiger partial charge is 0.341 e. The maximum Gasteiger partial charge on any atom is 0.280 e. The predicted octanol–water partition coefficient (Wildman–Crippen LogP) is 3.05. The summed E-state index contributed by atoms with van der Waals surface area (Å²) in [5, 5.41) is 3.26. The number of piperidine rings is 1. The smallest absolute Gasteiger partial charge is 0.280 e. The number of hydrogen-bond acceptors (Lipinski definition) is 7. The van der Waals surface area contributed by atoms with Gasteiger partial charge in [0.05, 0.1) is 6.33 Å². The van der Waals surface area contributed by atoms with Crippen molar-refractivity contribution in [1.29, 1.82) is 0 Å². The Hall–Kier alpha value is -3.14. The molecule has 3 heterocycles. The van der Waals surface area contributed by atoms with Gasteiger partial charge in [0.25, 0.3) is 10.0 Å². The first-order chi connectivity index (χ1) is 14.4. The van der Waals surface area contributed by atoms with Crippen molar-refractivity contribution in [3.63, 3.8) is 0 Å². The van der Waals surface area contributed by atoms with Crippen LogP contribution in [0.4, 0.5) is 23.1 Å². The van der Waals surface area contributed by atoms with Crippen LogP contribution in [0.2, 0.25) is 0 Å². The van der Waals surface area contributed by atoms with E-state index in [-0.39, 0.29) is 5.03 Å². The molecule has 1 aromatic carbocycles. The van der Waals surface area contributed by atoms with E-state index in [2.05, 4.69) is 29.9 Å². The summed E-state index contributed by atoms with van der Waals surface area (Å²) in [4.78, 5) is 15.3. The molecule has 4 rings (SSSR count). The molecule has 0 saturated carbocycles. The zero-order valence-electron chi connectivity index (χ0n) is 17.0. The molecule has 10 heteroatoms. The summed E-state index contributed by atoms with van der Waals surface area (Å²) in [5.41, 5.74) is 2.16. The van der Waals surface area contributed by atoms with Crippen molar-refractivity contribution in [3.05, 3.63) is 48.5 Å². The molecule has 1 fully saturated rings. The monoisotopic (exact) mass is 427 g/mol. The van der Waals surface area contributed by atoms with Crippen molar-refractivity contribution < 1.29 is 8.42 Å². The summed E-state index contributed by atoms with van der Waals surface area (Å²) in [7, 11) is -2.00. The van der Waals surface area contributed by atoms with E-state index in [4.69, 9.17) is 0 Å². The third-order valence-corrected chi connectivity index (χ3v) is 6.11. The van der Waals surface area contributed by atoms with Gasteiger partial charge in [-0.2, -0.15) is 13.4 Å². The van der Waals surface area contributed by atoms with E-state index < -0.39 is 10.0 Å². The van der Waals surface area contributed by atoms with E-state index in [0.717, 1.165) is 43.3 Å². The zero-order chi connectivity index (χ0) is 21.1. The summed E-state index contributed by atoms with van der Waals surface area (Å²) >= 11 is 0. The van der Waals surface area contributed by atoms with Crippen LogP contribution in [-0.2, 0) is 17.1 Å². The van der Waals surface area contributed by atoms with E-state index in [0.29, 0.717) is 11.5 Å². The minimum atomic E-state index is -3.72. The van der Waals surface area contributed by atoms with E-state index in [1.54, 1.807) is 35.9 Å². The molecule has 2 N–H and O–H groups in total. The van der Waals surface area contributed by atoms with Gasteiger partial charge in [0.1, 0.15) is 5.82 Å². The van der Waals surface area contributed by atoms with Crippen molar-refractivity contribution >= 4 is 33.2 Å². The van der Waals surface area contributed by atoms with Crippen LogP contribution >= 0.6 is 0 Å². The van der Waals surface area contributed by atoms with Gasteiger partial charge < -0.3 is 14.8 Å². The van der Waals surface area contributed by atoms with Crippen molar-refractivity contribution in [2.75, 3.05) is 28.0 Å². The molecule has 1 saturated heterocycles. The van der Waals surface area contributed by atoms with E-state index in [9.17, 15) is 8.42 Å². The molecule has 0 radical (unpaired) electrons. The van der Waals surface area contributed by atoms with Gasteiger partial charge in [-0.1, -0.05) is 0 Å². The SMILES string of the molecule is Cc1cc(Nc2ccc(NS(=O)(=O)c3cn(C)cn3)cc2)nc(N2CCCCC2)n1. The molecule has 0 atom stereocenters. The van der Waals surface area contributed by atoms with Gasteiger partial charge in [-0.25, -0.2) is 9.97 Å². The molecule has 30 heavy (non-hydrogen) atoms. The second-order valence-electron chi connectivity index (χ2n) is 7.43. The summed E-state index contributed by atoms with van der Waals surface area (Å²) < 4.78 is 28.9. The van der Waals surface area contributed by atoms with Gasteiger partial charge in [0.2, 0.25) is 5.95 Å². The van der Waals surface area contributed by atoms with E-state index in [1.807, 2.05) is 13.0 Å². The normalized spacial score (nSPS) is 14.5. The number of aromatic nitrogens is 4. The summed E-state index contributed by atoms with van der Waals surface area (Å²) in [5.74, 6) is 1.46. The maximum absolute atomic E-state index is 12.4. The quantitative estimate of drug-likeness (QED) is 0.623. The molecule has 1 aliphatic heterocycles. The number of imidazole rings is 1. The van der Waals surface area contributed by atoms with Crippen molar-refractivity contribution in [2.24, 2.45) is 7.05 Å². The molecule has 1 aliphatic rings. The number of aryl methyl sites for hydroxylation is 2. The molecular formula is C20H25N7O2S. The van der Waals surface area contributed by atoms with Crippen LogP contribution in [-0.4, -0.2) is 41.0 Å². The first kappa shape index (κ1) is 20.1. The Kier molecular flexibility index (Phi) is 5.58. The molecule has 0 spiro atoms. The van der Waals surface area contributed by atoms with E-state index >= 15 is 0 Å². The predicted molar refractivity (Wildman–Crippen MR) is 117 cm³/mol. The highest BCUT2D eigenvalue weighted by atomic mass is 32.2. The van der Waals surface area contributed by atoms with E-state index in [1.165, 1.54) is 18.9 Å². The standard InChI is InChI=1S/C20H25N7O2S/c1-15-12-18(24-20(22-15)27-10-4-3-5-11-27)23-16-6-8-17(9-7-16)25-30(28,29)19-13-26(2)14-21-19/h6-9,12-14,25H,3-5,10-11H2,1-2H3,(H,22,23,24). The lowest BCUT2D eigenvalue weighted by atomic mass is 10.1. The Morgan fingerprint density at radius 2 is 1.70 bits per heavy atom. The van der Waals surface area contributed by atoms with Crippen LogP contribution in [0.3, 0.4) is 0 Å². The summed E-state index contributed by atoms with van der Waals surface area (Å²) in [6, 6.07) is 8.89. The Morgan fingerprint density at radius 3 is 2.37 bits per heavy atom. The topological polar surface area (TPSA) is 105 Å². The van der Waals surface area contributed by atoms with Gasteiger partial charge in [-0.3, -0.25) is 4.72 Å². The number of nitrogens with one attached hydrogen (secondary N) is 2. The third-order valence-electron chi connectivity index (χ3n) is 4.85. The Labute approximate surface area is 176 Å². The molecule has 0 amide bonds. The van der Waals surface area contributed by atoms with Crippen LogP contribution < -0.4 is 14.9 Å². The number of sulfonamides is 1. The number of nitrogens with zero attached hydrogens (tertiary/aromatic N) is 5. The van der Waals surface area contributed by atoms with Gasteiger partial charge in [-0.15, -0.1) is 0 Å². The number of hydrogen-bond donors (Lipinski definition) is 2. The summed E-state index contributed by atoms with van der Waals surface area (Å²) in [6.45, 7) is 3.91. The lowest BCUT2D eigenvalue weighted by molar-refractivity contribution is 0.568. The fourth-order valence-electron chi connectivity index (χ4n) is 3.36. The second-order valence-corrected chi connectivity index (χ2v) is 9.06. The number of rotatable bonds is 6. The van der Waals surface area contributed by atoms with Crippen LogP contribution in [0.1, 0.15) is 25.0 Å². The van der Waals surface area contributed by atoms with Gasteiger partial charge >= 0.3 is 0 Å². The fraction of sp³-hybridized carbons (Fsp3) is 0.350. The second kappa shape index (κ2) is 8.31. The molecule has 0 aliphatic carbocycles. The molecule has 158 valence electrons. The Bertz CT molecular complexity index is 1120. The van der Waals surface area contributed by atoms with Gasteiger partial charge in [0, 0.05) is 49.5 Å². The lowest BCUT2D eigenvalue weighted by Crippen LogP contribution is -2.31. The van der Waals surface area contributed by atoms with Gasteiger partial charge in [0.15, 0.2) is 5.03 Å². The molecule has 0 unspecified atom stereocenters. The lowest BCUT2D eigenvalue weighted by Gasteiger charge is -2.27. The average molecular weight is 428 g/mol. The van der Waals surface area contributed by atoms with Crippen molar-refractivity contribution in [3.8, 4) is 0 Å². The molecular weight excluding hydrogens is 402 g/mol. The number of anilines is 4. The first-order valence-corrected chi connectivity index (χ1v) is 11.4. The molecule has 3 aromatic rings. The van der Waals surface area contributed by atoms with Crippen molar-refractivity contribution in [1.82, 2.24) is 19.5 Å². The highest BCUT2D eigenvalue weighted by Crippen LogP contribution is 2.23. The minimum Gasteiger partial charge on any atom is -0.341 e. The molecule has 2 aromatic heterocycles. The summed E-state index contributed by atoms with van der Waals surface area (Å²) in [6.07, 6.45) is 6.48. The van der Waals surface area contributed by atoms with Crippen LogP contribution in [0.25, 0.3) is 0 Å². The zero-order valence-corrected chi connectivity index (χ0v) is 17.9. The molecule has 0 bridgehead atoms. The van der Waals surface area contributed by atoms with Crippen molar-refractivity contribution in [2.45, 2.75) is 31.2 Å². The van der Waals surface area contributed by atoms with Crippen LogP contribution in [0.5, 0.6) is 0 Å². The van der Waals surface area contributed by atoms with Gasteiger partial charge in [-0.05, 0) is 50.5 Å². The highest BCUT2D eigenvalue weighted by Gasteiger charge is 2.17. The maximum atomic E-state index is 12.4. The number of benzene rings is 1. The van der Waals surface area contributed by atoms with Crippen LogP contribution in [0, 0.1) is 6.92 Å². The average Bonchev–Trinajstić information content (AvgIpc) is 3.17. The Morgan fingerprint density at radius 1 is 1.00 bits per heavy atom. The fourth-order valence-corrected chi connectivity index (χ4v) is 4.40.